The number of ether oxygens (including phenoxy) is 2. The van der Waals surface area contributed by atoms with Crippen LogP contribution in [-0.2, 0) is 9.47 Å². The summed E-state index contributed by atoms with van der Waals surface area (Å²) in [5.74, 6) is -0.0320. The topological polar surface area (TPSA) is 123 Å². The molecule has 2 heterocycles. The summed E-state index contributed by atoms with van der Waals surface area (Å²) >= 11 is 0. The van der Waals surface area contributed by atoms with Crippen LogP contribution in [0.4, 0.5) is 10.6 Å². The van der Waals surface area contributed by atoms with E-state index in [0.717, 1.165) is 10.8 Å². The molecule has 1 aliphatic rings. The molecule has 1 atom stereocenters. The highest BCUT2D eigenvalue weighted by molar-refractivity contribution is 5.81. The molecule has 0 bridgehead atoms. The van der Waals surface area contributed by atoms with Gasteiger partial charge in [0.2, 0.25) is 5.88 Å². The van der Waals surface area contributed by atoms with E-state index in [2.05, 4.69) is 4.98 Å². The molecule has 3 N–H and O–H groups in total. The number of nitrogens with zero attached hydrogens (tertiary/aromatic N) is 2. The number of amides is 1. The molecule has 1 aliphatic heterocycles. The zero-order valence-corrected chi connectivity index (χ0v) is 8.94. The minimum absolute atomic E-state index is 0.0634. The standard InChI is InChI=1S/C9H9N3O6/c13-3-7-17-4-6(18-7)12-2-1-5(10-8(12)14)11-9(15)16/h1-2,4,7,13H,3H2,(H,15,16)(H,10,11,14). The predicted octanol–water partition coefficient (Wildman–Crippen LogP) is -0.546. The third-order valence-corrected chi connectivity index (χ3v) is 2.00. The van der Waals surface area contributed by atoms with E-state index in [-0.39, 0.29) is 18.3 Å². The fourth-order valence-corrected chi connectivity index (χ4v) is 1.27. The molecule has 9 nitrogen and oxygen atoms in total. The minimum atomic E-state index is -1.32. The molecular formula is C9H9N3O6. The summed E-state index contributed by atoms with van der Waals surface area (Å²) in [6, 6.07) is 1.28. The van der Waals surface area contributed by atoms with Gasteiger partial charge in [0, 0.05) is 6.20 Å². The van der Waals surface area contributed by atoms with E-state index < -0.39 is 18.1 Å². The number of anilines is 1. The van der Waals surface area contributed by atoms with Crippen LogP contribution in [0.3, 0.4) is 0 Å². The fraction of sp³-hybridized carbons (Fsp3) is 0.222. The number of hydrogen-bond acceptors (Lipinski definition) is 6. The van der Waals surface area contributed by atoms with E-state index in [1.54, 1.807) is 0 Å². The van der Waals surface area contributed by atoms with Crippen molar-refractivity contribution in [3.8, 4) is 0 Å². The quantitative estimate of drug-likeness (QED) is 0.662. The first kappa shape index (κ1) is 11.9. The Labute approximate surface area is 99.9 Å². The maximum absolute atomic E-state index is 11.6. The third kappa shape index (κ3) is 2.40. The lowest BCUT2D eigenvalue weighted by Crippen LogP contribution is -2.25. The van der Waals surface area contributed by atoms with Gasteiger partial charge in [0.15, 0.2) is 0 Å². The average molecular weight is 255 g/mol. The molecule has 9 heteroatoms. The summed E-state index contributed by atoms with van der Waals surface area (Å²) in [4.78, 5) is 25.4. The van der Waals surface area contributed by atoms with Crippen molar-refractivity contribution in [1.82, 2.24) is 9.55 Å². The van der Waals surface area contributed by atoms with Gasteiger partial charge < -0.3 is 19.7 Å². The minimum Gasteiger partial charge on any atom is -0.465 e. The molecule has 18 heavy (non-hydrogen) atoms. The zero-order chi connectivity index (χ0) is 13.1. The lowest BCUT2D eigenvalue weighted by Gasteiger charge is -2.09. The van der Waals surface area contributed by atoms with E-state index in [4.69, 9.17) is 19.7 Å². The molecular weight excluding hydrogens is 246 g/mol. The highest BCUT2D eigenvalue weighted by Gasteiger charge is 2.20. The van der Waals surface area contributed by atoms with Crippen LogP contribution in [0.2, 0.25) is 0 Å². The molecule has 0 saturated carbocycles. The first-order valence-electron chi connectivity index (χ1n) is 4.83. The Kier molecular flexibility index (Phi) is 3.15. The zero-order valence-electron chi connectivity index (χ0n) is 8.94. The molecule has 2 rings (SSSR count). The van der Waals surface area contributed by atoms with Crippen molar-refractivity contribution in [2.45, 2.75) is 6.29 Å². The van der Waals surface area contributed by atoms with Crippen molar-refractivity contribution in [3.05, 3.63) is 29.0 Å². The van der Waals surface area contributed by atoms with Gasteiger partial charge in [-0.25, -0.2) is 14.2 Å². The van der Waals surface area contributed by atoms with E-state index in [9.17, 15) is 9.59 Å². The smallest absolute Gasteiger partial charge is 0.410 e. The van der Waals surface area contributed by atoms with Crippen molar-refractivity contribution < 1.29 is 24.5 Å². The van der Waals surface area contributed by atoms with Gasteiger partial charge in [-0.3, -0.25) is 5.32 Å². The molecule has 1 aromatic heterocycles. The van der Waals surface area contributed by atoms with Crippen LogP contribution in [-0.4, -0.2) is 38.8 Å². The van der Waals surface area contributed by atoms with Crippen LogP contribution in [0.25, 0.3) is 5.88 Å². The van der Waals surface area contributed by atoms with Crippen LogP contribution >= 0.6 is 0 Å². The third-order valence-electron chi connectivity index (χ3n) is 2.00. The molecule has 1 amide bonds. The second-order valence-corrected chi connectivity index (χ2v) is 3.22. The van der Waals surface area contributed by atoms with E-state index in [1.807, 2.05) is 5.32 Å². The Balaban J connectivity index is 2.21. The normalized spacial score (nSPS) is 17.6. The van der Waals surface area contributed by atoms with Gasteiger partial charge in [-0.2, -0.15) is 4.98 Å². The van der Waals surface area contributed by atoms with Crippen molar-refractivity contribution in [2.24, 2.45) is 0 Å². The Morgan fingerprint density at radius 1 is 1.61 bits per heavy atom. The first-order chi connectivity index (χ1) is 8.60. The molecule has 0 fully saturated rings. The number of aliphatic hydroxyl groups excluding tert-OH is 1. The van der Waals surface area contributed by atoms with Crippen LogP contribution in [0, 0.1) is 0 Å². The van der Waals surface area contributed by atoms with E-state index in [1.165, 1.54) is 12.3 Å². The first-order valence-corrected chi connectivity index (χ1v) is 4.83. The highest BCUT2D eigenvalue weighted by atomic mass is 16.7. The summed E-state index contributed by atoms with van der Waals surface area (Å²) in [6.07, 6.45) is 0.257. The lowest BCUT2D eigenvalue weighted by molar-refractivity contribution is -0.0555. The number of nitrogens with one attached hydrogen (secondary N) is 1. The van der Waals surface area contributed by atoms with Gasteiger partial charge in [0.25, 0.3) is 6.29 Å². The Morgan fingerprint density at radius 3 is 2.94 bits per heavy atom. The van der Waals surface area contributed by atoms with Crippen molar-refractivity contribution in [2.75, 3.05) is 11.9 Å². The molecule has 1 unspecified atom stereocenters. The molecule has 0 aromatic carbocycles. The number of aromatic nitrogens is 2. The Bertz CT molecular complexity index is 551. The maximum atomic E-state index is 11.6. The van der Waals surface area contributed by atoms with Crippen molar-refractivity contribution >= 4 is 17.8 Å². The average Bonchev–Trinajstić information content (AvgIpc) is 2.76. The molecule has 96 valence electrons. The largest absolute Gasteiger partial charge is 0.465 e. The van der Waals surface area contributed by atoms with E-state index >= 15 is 0 Å². The molecule has 1 aromatic rings. The molecule has 0 spiro atoms. The fourth-order valence-electron chi connectivity index (χ4n) is 1.27. The number of rotatable bonds is 3. The van der Waals surface area contributed by atoms with Crippen LogP contribution in [0.1, 0.15) is 0 Å². The highest BCUT2D eigenvalue weighted by Crippen LogP contribution is 2.16. The SMILES string of the molecule is O=C(O)Nc1ccn(C2=COC(CO)O2)c(=O)n1. The van der Waals surface area contributed by atoms with Gasteiger partial charge in [0.05, 0.1) is 0 Å². The second kappa shape index (κ2) is 4.75. The van der Waals surface area contributed by atoms with Gasteiger partial charge in [0.1, 0.15) is 18.7 Å². The second-order valence-electron chi connectivity index (χ2n) is 3.22. The number of carboxylic acid groups (broad SMARTS) is 1. The van der Waals surface area contributed by atoms with Crippen LogP contribution in [0.5, 0.6) is 0 Å². The molecule has 0 aliphatic carbocycles. The summed E-state index contributed by atoms with van der Waals surface area (Å²) in [7, 11) is 0. The van der Waals surface area contributed by atoms with Crippen LogP contribution < -0.4 is 11.0 Å². The summed E-state index contributed by atoms with van der Waals surface area (Å²) in [6.45, 7) is -0.360. The molecule has 0 radical (unpaired) electrons. The van der Waals surface area contributed by atoms with E-state index in [0.29, 0.717) is 0 Å². The van der Waals surface area contributed by atoms with Gasteiger partial charge in [-0.15, -0.1) is 0 Å². The Hall–Kier alpha value is -2.55. The Morgan fingerprint density at radius 2 is 2.39 bits per heavy atom. The number of aliphatic hydroxyl groups is 1. The molecule has 0 saturated heterocycles. The van der Waals surface area contributed by atoms with Gasteiger partial charge in [-0.05, 0) is 6.07 Å². The van der Waals surface area contributed by atoms with Gasteiger partial charge >= 0.3 is 11.8 Å². The monoisotopic (exact) mass is 255 g/mol. The summed E-state index contributed by atoms with van der Waals surface area (Å²) in [5.41, 5.74) is -0.741. The number of carbonyl (C=O) groups is 1. The lowest BCUT2D eigenvalue weighted by atomic mass is 10.5. The van der Waals surface area contributed by atoms with Crippen molar-refractivity contribution in [1.29, 1.82) is 0 Å². The maximum Gasteiger partial charge on any atom is 0.410 e. The number of hydrogen-bond donors (Lipinski definition) is 3. The van der Waals surface area contributed by atoms with Crippen molar-refractivity contribution in [3.63, 3.8) is 0 Å². The van der Waals surface area contributed by atoms with Crippen LogP contribution in [0.15, 0.2) is 23.3 Å². The predicted molar refractivity (Wildman–Crippen MR) is 57.5 cm³/mol. The summed E-state index contributed by atoms with van der Waals surface area (Å²) < 4.78 is 11.0. The summed E-state index contributed by atoms with van der Waals surface area (Å²) in [5, 5.41) is 19.2. The van der Waals surface area contributed by atoms with Gasteiger partial charge in [-0.1, -0.05) is 0 Å².